The van der Waals surface area contributed by atoms with Crippen LogP contribution in [0.25, 0.3) is 22.3 Å². The minimum absolute atomic E-state index is 0.0727. The van der Waals surface area contributed by atoms with Gasteiger partial charge in [-0.1, -0.05) is 42.5 Å². The average Bonchev–Trinajstić information content (AvgIpc) is 2.96. The van der Waals surface area contributed by atoms with Gasteiger partial charge in [-0.2, -0.15) is 0 Å². The number of hydroxylamine groups is 3. The van der Waals surface area contributed by atoms with Crippen molar-refractivity contribution in [3.63, 3.8) is 0 Å². The topological polar surface area (TPSA) is 98.0 Å². The van der Waals surface area contributed by atoms with Crippen LogP contribution in [0.4, 0.5) is 0 Å². The fourth-order valence-electron chi connectivity index (χ4n) is 4.49. The number of carbonyl (C=O) groups is 1. The van der Waals surface area contributed by atoms with Crippen molar-refractivity contribution >= 4 is 16.9 Å². The first-order chi connectivity index (χ1) is 18.7. The van der Waals surface area contributed by atoms with Crippen LogP contribution >= 0.6 is 0 Å². The van der Waals surface area contributed by atoms with Gasteiger partial charge in [-0.15, -0.1) is 0 Å². The number of hydrogen-bond acceptors (Lipinski definition) is 7. The van der Waals surface area contributed by atoms with E-state index in [2.05, 4.69) is 0 Å². The van der Waals surface area contributed by atoms with Crippen LogP contribution in [0.3, 0.4) is 0 Å². The second-order valence-electron chi connectivity index (χ2n) is 9.61. The number of likely N-dealkylation sites (N-methyl/N-ethyl adjacent to an activating group) is 1. The largest absolute Gasteiger partial charge is 0.633 e. The summed E-state index contributed by atoms with van der Waals surface area (Å²) in [6.07, 6.45) is 0.957. The van der Waals surface area contributed by atoms with Crippen molar-refractivity contribution in [1.82, 2.24) is 0 Å². The fourth-order valence-corrected chi connectivity index (χ4v) is 4.49. The fraction of sp³-hybridized carbons (Fsp3) is 0.290. The van der Waals surface area contributed by atoms with E-state index in [4.69, 9.17) is 18.6 Å². The first kappa shape index (κ1) is 27.9. The number of quaternary nitrogens is 1. The van der Waals surface area contributed by atoms with E-state index in [1.54, 1.807) is 46.4 Å². The highest BCUT2D eigenvalue weighted by atomic mass is 16.5. The molecule has 8 heteroatoms. The SMILES string of the molecule is COc1ccc(CC[N+](C)([O-])CCCOC(=O)c2cccc3c(=O)c(C)c(-c4ccccc4)oc23)cc1OC. The van der Waals surface area contributed by atoms with Crippen LogP contribution in [0, 0.1) is 12.1 Å². The first-order valence-corrected chi connectivity index (χ1v) is 12.8. The van der Waals surface area contributed by atoms with Crippen LogP contribution in [0.5, 0.6) is 11.5 Å². The van der Waals surface area contributed by atoms with Crippen molar-refractivity contribution < 1.29 is 28.1 Å². The molecule has 1 atom stereocenters. The van der Waals surface area contributed by atoms with Gasteiger partial charge in [0, 0.05) is 24.0 Å². The third-order valence-electron chi connectivity index (χ3n) is 6.73. The third-order valence-corrected chi connectivity index (χ3v) is 6.73. The molecule has 0 bridgehead atoms. The molecule has 0 spiro atoms. The molecule has 0 aliphatic rings. The van der Waals surface area contributed by atoms with E-state index < -0.39 is 10.6 Å². The van der Waals surface area contributed by atoms with Crippen molar-refractivity contribution in [2.24, 2.45) is 0 Å². The molecule has 39 heavy (non-hydrogen) atoms. The zero-order chi connectivity index (χ0) is 28.0. The van der Waals surface area contributed by atoms with E-state index in [1.165, 1.54) is 0 Å². The van der Waals surface area contributed by atoms with Crippen LogP contribution in [0.15, 0.2) is 75.9 Å². The Bertz CT molecular complexity index is 1510. The van der Waals surface area contributed by atoms with E-state index in [1.807, 2.05) is 48.5 Å². The van der Waals surface area contributed by atoms with Gasteiger partial charge < -0.3 is 28.5 Å². The molecule has 0 saturated carbocycles. The minimum Gasteiger partial charge on any atom is -0.633 e. The molecule has 4 rings (SSSR count). The smallest absolute Gasteiger partial charge is 0.341 e. The number of carbonyl (C=O) groups excluding carboxylic acids is 1. The summed E-state index contributed by atoms with van der Waals surface area (Å²) >= 11 is 0. The molecule has 4 aromatic rings. The van der Waals surface area contributed by atoms with Crippen LogP contribution in [0.1, 0.15) is 27.9 Å². The molecular formula is C31H33NO7. The zero-order valence-electron chi connectivity index (χ0n) is 22.7. The van der Waals surface area contributed by atoms with Crippen molar-refractivity contribution in [2.45, 2.75) is 19.8 Å². The highest BCUT2D eigenvalue weighted by molar-refractivity contribution is 6.02. The Labute approximate surface area is 227 Å². The highest BCUT2D eigenvalue weighted by Gasteiger charge is 2.20. The molecule has 0 amide bonds. The maximum atomic E-state index is 13.0. The normalized spacial score (nSPS) is 12.6. The Kier molecular flexibility index (Phi) is 8.69. The van der Waals surface area contributed by atoms with Crippen LogP contribution in [-0.4, -0.2) is 51.6 Å². The van der Waals surface area contributed by atoms with Crippen LogP contribution in [-0.2, 0) is 11.2 Å². The molecule has 1 heterocycles. The summed E-state index contributed by atoms with van der Waals surface area (Å²) in [5, 5.41) is 13.3. The monoisotopic (exact) mass is 531 g/mol. The van der Waals surface area contributed by atoms with Gasteiger partial charge in [-0.3, -0.25) is 4.79 Å². The number of nitrogens with zero attached hydrogens (tertiary/aromatic N) is 1. The number of methoxy groups -OCH3 is 2. The summed E-state index contributed by atoms with van der Waals surface area (Å²) in [4.78, 5) is 26.0. The van der Waals surface area contributed by atoms with E-state index >= 15 is 0 Å². The van der Waals surface area contributed by atoms with Gasteiger partial charge >= 0.3 is 5.97 Å². The summed E-state index contributed by atoms with van der Waals surface area (Å²) in [7, 11) is 4.76. The summed E-state index contributed by atoms with van der Waals surface area (Å²) < 4.78 is 21.7. The van der Waals surface area contributed by atoms with Crippen molar-refractivity contribution in [1.29, 1.82) is 0 Å². The summed E-state index contributed by atoms with van der Waals surface area (Å²) in [6.45, 7) is 2.42. The van der Waals surface area contributed by atoms with Gasteiger partial charge in [0.25, 0.3) is 0 Å². The highest BCUT2D eigenvalue weighted by Crippen LogP contribution is 2.29. The maximum Gasteiger partial charge on any atom is 0.341 e. The molecular weight excluding hydrogens is 498 g/mol. The van der Waals surface area contributed by atoms with Gasteiger partial charge in [0.1, 0.15) is 11.3 Å². The van der Waals surface area contributed by atoms with Crippen molar-refractivity contribution in [3.05, 3.63) is 98.9 Å². The minimum atomic E-state index is -0.600. The Morgan fingerprint density at radius 3 is 2.41 bits per heavy atom. The second-order valence-corrected chi connectivity index (χ2v) is 9.61. The molecule has 0 aliphatic heterocycles. The van der Waals surface area contributed by atoms with Crippen LogP contribution in [0.2, 0.25) is 0 Å². The molecule has 3 aromatic carbocycles. The molecule has 0 fully saturated rings. The molecule has 0 N–H and O–H groups in total. The van der Waals surface area contributed by atoms with E-state index in [0.717, 1.165) is 11.1 Å². The number of para-hydroxylation sites is 1. The number of hydrogen-bond donors (Lipinski definition) is 0. The Hall–Kier alpha value is -4.14. The Morgan fingerprint density at radius 1 is 0.949 bits per heavy atom. The first-order valence-electron chi connectivity index (χ1n) is 12.8. The molecule has 204 valence electrons. The molecule has 0 radical (unpaired) electrons. The molecule has 0 aliphatic carbocycles. The summed E-state index contributed by atoms with van der Waals surface area (Å²) in [5.74, 6) is 1.08. The quantitative estimate of drug-likeness (QED) is 0.109. The van der Waals surface area contributed by atoms with E-state index in [0.29, 0.717) is 47.6 Å². The van der Waals surface area contributed by atoms with Crippen molar-refractivity contribution in [3.8, 4) is 22.8 Å². The lowest BCUT2D eigenvalue weighted by molar-refractivity contribution is -0.860. The lowest BCUT2D eigenvalue weighted by Gasteiger charge is -2.38. The number of fused-ring (bicyclic) bond motifs is 1. The Balaban J connectivity index is 1.39. The standard InChI is InChI=1S/C31H33NO7/c1-21-28(33)24-12-8-13-25(30(24)39-29(21)23-10-6-5-7-11-23)31(34)38-19-9-17-32(2,35)18-16-22-14-15-26(36-3)27(20-22)37-4/h5-8,10-15,20H,9,16-19H2,1-4H3. The van der Waals surface area contributed by atoms with E-state index in [-0.39, 0.29) is 29.7 Å². The predicted molar refractivity (Wildman–Crippen MR) is 150 cm³/mol. The number of rotatable bonds is 11. The van der Waals surface area contributed by atoms with Gasteiger partial charge in [-0.05, 0) is 36.8 Å². The number of esters is 1. The zero-order valence-corrected chi connectivity index (χ0v) is 22.7. The molecule has 0 saturated heterocycles. The Morgan fingerprint density at radius 2 is 1.69 bits per heavy atom. The summed E-state index contributed by atoms with van der Waals surface area (Å²) in [6, 6.07) is 19.7. The van der Waals surface area contributed by atoms with Crippen LogP contribution < -0.4 is 14.9 Å². The van der Waals surface area contributed by atoms with Gasteiger partial charge in [-0.25, -0.2) is 4.79 Å². The maximum absolute atomic E-state index is 13.0. The molecule has 8 nitrogen and oxygen atoms in total. The molecule has 1 unspecified atom stereocenters. The van der Waals surface area contributed by atoms with Gasteiger partial charge in [0.15, 0.2) is 22.5 Å². The van der Waals surface area contributed by atoms with Crippen molar-refractivity contribution in [2.75, 3.05) is 41.0 Å². The number of benzene rings is 3. The second kappa shape index (κ2) is 12.1. The third kappa shape index (κ3) is 6.47. The average molecular weight is 532 g/mol. The van der Waals surface area contributed by atoms with Gasteiger partial charge in [0.05, 0.1) is 46.3 Å². The lowest BCUT2D eigenvalue weighted by Crippen LogP contribution is -2.40. The lowest BCUT2D eigenvalue weighted by atomic mass is 10.0. The van der Waals surface area contributed by atoms with Gasteiger partial charge in [0.2, 0.25) is 0 Å². The molecule has 1 aromatic heterocycles. The predicted octanol–water partition coefficient (Wildman–Crippen LogP) is 5.52. The number of ether oxygens (including phenoxy) is 3. The summed E-state index contributed by atoms with van der Waals surface area (Å²) in [5.41, 5.74) is 2.36. The van der Waals surface area contributed by atoms with E-state index in [9.17, 15) is 14.8 Å².